The molecule has 2 atom stereocenters. The van der Waals surface area contributed by atoms with Gasteiger partial charge in [0.25, 0.3) is 0 Å². The lowest BCUT2D eigenvalue weighted by Gasteiger charge is -2.17. The Kier molecular flexibility index (Phi) is 3.24. The number of hydrogen-bond donors (Lipinski definition) is 2. The number of sulfone groups is 1. The van der Waals surface area contributed by atoms with E-state index < -0.39 is 27.8 Å². The van der Waals surface area contributed by atoms with Crippen LogP contribution in [-0.2, 0) is 9.84 Å². The van der Waals surface area contributed by atoms with Crippen LogP contribution in [0.4, 0.5) is 10.1 Å². The Morgan fingerprint density at radius 3 is 2.72 bits per heavy atom. The second-order valence-electron chi connectivity index (χ2n) is 4.20. The van der Waals surface area contributed by atoms with Crippen molar-refractivity contribution in [3.63, 3.8) is 0 Å². The van der Waals surface area contributed by atoms with Crippen molar-refractivity contribution in [1.29, 1.82) is 5.26 Å². The minimum Gasteiger partial charge on any atom is -0.390 e. The molecule has 0 amide bonds. The molecule has 1 heterocycles. The van der Waals surface area contributed by atoms with Crippen LogP contribution < -0.4 is 5.32 Å². The fourth-order valence-corrected chi connectivity index (χ4v) is 3.64. The van der Waals surface area contributed by atoms with Crippen LogP contribution in [0, 0.1) is 17.1 Å². The van der Waals surface area contributed by atoms with Gasteiger partial charge in [-0.2, -0.15) is 5.26 Å². The number of halogens is 1. The number of nitrogens with zero attached hydrogens (tertiary/aromatic N) is 1. The zero-order chi connectivity index (χ0) is 13.3. The molecule has 0 aliphatic carbocycles. The molecule has 2 unspecified atom stereocenters. The first-order chi connectivity index (χ1) is 8.41. The summed E-state index contributed by atoms with van der Waals surface area (Å²) in [6.07, 6.45) is -1.02. The number of aliphatic hydroxyl groups excluding tert-OH is 1. The summed E-state index contributed by atoms with van der Waals surface area (Å²) in [7, 11) is -3.26. The van der Waals surface area contributed by atoms with Crippen molar-refractivity contribution < 1.29 is 17.9 Å². The maximum absolute atomic E-state index is 12.9. The topological polar surface area (TPSA) is 90.2 Å². The van der Waals surface area contributed by atoms with Crippen molar-refractivity contribution in [2.45, 2.75) is 12.1 Å². The molecule has 18 heavy (non-hydrogen) atoms. The molecule has 1 fully saturated rings. The second-order valence-corrected chi connectivity index (χ2v) is 6.35. The summed E-state index contributed by atoms with van der Waals surface area (Å²) >= 11 is 0. The van der Waals surface area contributed by atoms with Gasteiger partial charge in [0.1, 0.15) is 11.9 Å². The molecule has 2 rings (SSSR count). The van der Waals surface area contributed by atoms with Gasteiger partial charge in [0, 0.05) is 0 Å². The molecule has 0 spiro atoms. The molecule has 0 aromatic heterocycles. The van der Waals surface area contributed by atoms with Crippen LogP contribution >= 0.6 is 0 Å². The third-order valence-corrected chi connectivity index (χ3v) is 4.48. The van der Waals surface area contributed by atoms with Crippen LogP contribution in [0.3, 0.4) is 0 Å². The SMILES string of the molecule is N#Cc1cc(F)ccc1NC1CS(=O)(=O)CC1O. The Morgan fingerprint density at radius 1 is 1.44 bits per heavy atom. The minimum absolute atomic E-state index is 0.0755. The highest BCUT2D eigenvalue weighted by molar-refractivity contribution is 7.91. The van der Waals surface area contributed by atoms with Crippen LogP contribution in [0.2, 0.25) is 0 Å². The Morgan fingerprint density at radius 2 is 2.17 bits per heavy atom. The summed E-state index contributed by atoms with van der Waals surface area (Å²) in [5, 5.41) is 21.2. The fourth-order valence-electron chi connectivity index (χ4n) is 1.90. The van der Waals surface area contributed by atoms with Gasteiger partial charge in [-0.25, -0.2) is 12.8 Å². The average molecular weight is 270 g/mol. The molecule has 1 aromatic rings. The zero-order valence-electron chi connectivity index (χ0n) is 9.30. The van der Waals surface area contributed by atoms with E-state index in [1.807, 2.05) is 6.07 Å². The number of anilines is 1. The largest absolute Gasteiger partial charge is 0.390 e. The first kappa shape index (κ1) is 12.8. The van der Waals surface area contributed by atoms with Gasteiger partial charge in [-0.05, 0) is 18.2 Å². The molecule has 7 heteroatoms. The van der Waals surface area contributed by atoms with Gasteiger partial charge < -0.3 is 10.4 Å². The molecule has 1 aliphatic rings. The summed E-state index contributed by atoms with van der Waals surface area (Å²) < 4.78 is 35.6. The third kappa shape index (κ3) is 2.60. The van der Waals surface area contributed by atoms with E-state index >= 15 is 0 Å². The van der Waals surface area contributed by atoms with E-state index in [0.29, 0.717) is 5.69 Å². The number of rotatable bonds is 2. The lowest BCUT2D eigenvalue weighted by atomic mass is 10.1. The Bertz CT molecular complexity index is 609. The maximum Gasteiger partial charge on any atom is 0.155 e. The van der Waals surface area contributed by atoms with E-state index in [0.717, 1.165) is 6.07 Å². The Hall–Kier alpha value is -1.65. The summed E-state index contributed by atoms with van der Waals surface area (Å²) in [4.78, 5) is 0. The number of nitrogens with one attached hydrogen (secondary N) is 1. The molecule has 2 N–H and O–H groups in total. The molecule has 0 bridgehead atoms. The summed E-state index contributed by atoms with van der Waals surface area (Å²) in [5.41, 5.74) is 0.395. The van der Waals surface area contributed by atoms with Crippen LogP contribution in [-0.4, -0.2) is 37.2 Å². The van der Waals surface area contributed by atoms with E-state index in [2.05, 4.69) is 5.32 Å². The molecule has 1 aliphatic heterocycles. The standard InChI is InChI=1S/C11H11FN2O3S/c12-8-1-2-9(7(3-8)4-13)14-10-5-18(16,17)6-11(10)15/h1-3,10-11,14-15H,5-6H2. The van der Waals surface area contributed by atoms with Gasteiger partial charge in [0.15, 0.2) is 9.84 Å². The smallest absolute Gasteiger partial charge is 0.155 e. The zero-order valence-corrected chi connectivity index (χ0v) is 10.1. The Labute approximate surface area is 104 Å². The van der Waals surface area contributed by atoms with Crippen LogP contribution in [0.15, 0.2) is 18.2 Å². The lowest BCUT2D eigenvalue weighted by Crippen LogP contribution is -2.32. The van der Waals surface area contributed by atoms with Gasteiger partial charge in [0.05, 0.1) is 34.9 Å². The van der Waals surface area contributed by atoms with E-state index in [4.69, 9.17) is 5.26 Å². The van der Waals surface area contributed by atoms with E-state index in [-0.39, 0.29) is 17.1 Å². The number of aliphatic hydroxyl groups is 1. The highest BCUT2D eigenvalue weighted by atomic mass is 32.2. The first-order valence-electron chi connectivity index (χ1n) is 5.26. The predicted octanol–water partition coefficient (Wildman–Crippen LogP) is 0.267. The van der Waals surface area contributed by atoms with Crippen molar-refractivity contribution in [1.82, 2.24) is 0 Å². The molecule has 0 radical (unpaired) electrons. The molecular formula is C11H11FN2O3S. The quantitative estimate of drug-likeness (QED) is 0.805. The third-order valence-electron chi connectivity index (χ3n) is 2.77. The number of benzene rings is 1. The monoisotopic (exact) mass is 270 g/mol. The summed E-state index contributed by atoms with van der Waals surface area (Å²) in [6, 6.07) is 4.71. The van der Waals surface area contributed by atoms with E-state index in [1.165, 1.54) is 12.1 Å². The molecule has 0 saturated carbocycles. The number of nitriles is 1. The molecule has 1 saturated heterocycles. The molecule has 5 nitrogen and oxygen atoms in total. The molecule has 1 aromatic carbocycles. The number of hydrogen-bond acceptors (Lipinski definition) is 5. The Balaban J connectivity index is 2.23. The van der Waals surface area contributed by atoms with Crippen LogP contribution in [0.1, 0.15) is 5.56 Å². The van der Waals surface area contributed by atoms with Crippen molar-refractivity contribution in [2.75, 3.05) is 16.8 Å². The van der Waals surface area contributed by atoms with E-state index in [9.17, 15) is 17.9 Å². The predicted molar refractivity (Wildman–Crippen MR) is 63.2 cm³/mol. The molecule has 96 valence electrons. The summed E-state index contributed by atoms with van der Waals surface area (Å²) in [5.74, 6) is -1.04. The maximum atomic E-state index is 12.9. The van der Waals surface area contributed by atoms with Crippen molar-refractivity contribution in [2.24, 2.45) is 0 Å². The minimum atomic E-state index is -3.26. The van der Waals surface area contributed by atoms with Crippen molar-refractivity contribution in [3.8, 4) is 6.07 Å². The van der Waals surface area contributed by atoms with Crippen molar-refractivity contribution in [3.05, 3.63) is 29.6 Å². The van der Waals surface area contributed by atoms with Crippen molar-refractivity contribution >= 4 is 15.5 Å². The highest BCUT2D eigenvalue weighted by Crippen LogP contribution is 2.21. The van der Waals surface area contributed by atoms with Crippen LogP contribution in [0.5, 0.6) is 0 Å². The van der Waals surface area contributed by atoms with Gasteiger partial charge in [-0.3, -0.25) is 0 Å². The average Bonchev–Trinajstić information content (AvgIpc) is 2.54. The normalized spacial score (nSPS) is 25.6. The first-order valence-corrected chi connectivity index (χ1v) is 7.08. The van der Waals surface area contributed by atoms with Gasteiger partial charge in [-0.15, -0.1) is 0 Å². The van der Waals surface area contributed by atoms with Gasteiger partial charge >= 0.3 is 0 Å². The van der Waals surface area contributed by atoms with Gasteiger partial charge in [-0.1, -0.05) is 0 Å². The molecular weight excluding hydrogens is 259 g/mol. The van der Waals surface area contributed by atoms with Crippen LogP contribution in [0.25, 0.3) is 0 Å². The fraction of sp³-hybridized carbons (Fsp3) is 0.364. The second kappa shape index (κ2) is 4.55. The summed E-state index contributed by atoms with van der Waals surface area (Å²) in [6.45, 7) is 0. The van der Waals surface area contributed by atoms with E-state index in [1.54, 1.807) is 0 Å². The lowest BCUT2D eigenvalue weighted by molar-refractivity contribution is 0.190. The highest BCUT2D eigenvalue weighted by Gasteiger charge is 2.36. The van der Waals surface area contributed by atoms with Gasteiger partial charge in [0.2, 0.25) is 0 Å².